The van der Waals surface area contributed by atoms with Gasteiger partial charge < -0.3 is 9.16 Å². The molecule has 12 heavy (non-hydrogen) atoms. The molecule has 0 aliphatic heterocycles. The first-order chi connectivity index (χ1) is 5.48. The van der Waals surface area contributed by atoms with E-state index in [0.717, 1.165) is 12.8 Å². The van der Waals surface area contributed by atoms with Gasteiger partial charge in [0.2, 0.25) is 10.5 Å². The summed E-state index contributed by atoms with van der Waals surface area (Å²) in [5.41, 5.74) is -0.197. The van der Waals surface area contributed by atoms with E-state index in [9.17, 15) is 4.79 Å². The van der Waals surface area contributed by atoms with Gasteiger partial charge in [0.15, 0.2) is 0 Å². The standard InChI is InChI=1S/C8H15O3Si/c1-7(9)10-6-4-5-8(2,3)11-12/h4-6H2,1-3H3. The molecule has 0 aliphatic carbocycles. The number of carbonyl (C=O) groups excluding carboxylic acids is 1. The second-order valence-electron chi connectivity index (χ2n) is 3.31. The van der Waals surface area contributed by atoms with Crippen LogP contribution in [0, 0.1) is 0 Å². The maximum Gasteiger partial charge on any atom is 0.302 e. The van der Waals surface area contributed by atoms with Gasteiger partial charge in [-0.05, 0) is 26.7 Å². The zero-order valence-electron chi connectivity index (χ0n) is 7.85. The molecule has 0 unspecified atom stereocenters. The van der Waals surface area contributed by atoms with Crippen molar-refractivity contribution in [1.82, 2.24) is 0 Å². The van der Waals surface area contributed by atoms with Crippen LogP contribution in [0.2, 0.25) is 0 Å². The van der Waals surface area contributed by atoms with Crippen molar-refractivity contribution in [2.75, 3.05) is 6.61 Å². The third-order valence-corrected chi connectivity index (χ3v) is 2.06. The minimum atomic E-state index is -0.230. The SMILES string of the molecule is CC(=O)OCCCC(C)(C)O[Si]. The van der Waals surface area contributed by atoms with Gasteiger partial charge in [0.1, 0.15) is 0 Å². The largest absolute Gasteiger partial charge is 0.466 e. The summed E-state index contributed by atoms with van der Waals surface area (Å²) in [6, 6.07) is 0. The van der Waals surface area contributed by atoms with Crippen molar-refractivity contribution < 1.29 is 14.0 Å². The fourth-order valence-electron chi connectivity index (χ4n) is 0.765. The third-order valence-electron chi connectivity index (χ3n) is 1.50. The van der Waals surface area contributed by atoms with Crippen LogP contribution < -0.4 is 0 Å². The Morgan fingerprint density at radius 2 is 2.08 bits per heavy atom. The highest BCUT2D eigenvalue weighted by molar-refractivity contribution is 5.98. The van der Waals surface area contributed by atoms with Crippen LogP contribution in [-0.2, 0) is 14.0 Å². The second kappa shape index (κ2) is 5.32. The van der Waals surface area contributed by atoms with Gasteiger partial charge >= 0.3 is 5.97 Å². The summed E-state index contributed by atoms with van der Waals surface area (Å²) < 4.78 is 9.78. The van der Waals surface area contributed by atoms with Gasteiger partial charge in [-0.3, -0.25) is 4.79 Å². The summed E-state index contributed by atoms with van der Waals surface area (Å²) in [6.07, 6.45) is 1.67. The summed E-state index contributed by atoms with van der Waals surface area (Å²) in [4.78, 5) is 10.4. The van der Waals surface area contributed by atoms with Crippen LogP contribution in [0.15, 0.2) is 0 Å². The van der Waals surface area contributed by atoms with Crippen LogP contribution in [0.25, 0.3) is 0 Å². The molecule has 0 saturated carbocycles. The fraction of sp³-hybridized carbons (Fsp3) is 0.875. The van der Waals surface area contributed by atoms with Gasteiger partial charge in [0, 0.05) is 6.92 Å². The molecule has 0 saturated heterocycles. The molecular weight excluding hydrogens is 172 g/mol. The van der Waals surface area contributed by atoms with Crippen LogP contribution in [0.1, 0.15) is 33.6 Å². The summed E-state index contributed by atoms with van der Waals surface area (Å²) in [7, 11) is 2.99. The Kier molecular flexibility index (Phi) is 5.16. The first kappa shape index (κ1) is 11.6. The molecule has 0 amide bonds. The van der Waals surface area contributed by atoms with E-state index in [1.54, 1.807) is 0 Å². The molecule has 0 N–H and O–H groups in total. The van der Waals surface area contributed by atoms with Gasteiger partial charge in [-0.25, -0.2) is 0 Å². The van der Waals surface area contributed by atoms with E-state index in [1.807, 2.05) is 13.8 Å². The number of rotatable bonds is 5. The van der Waals surface area contributed by atoms with E-state index < -0.39 is 0 Å². The molecule has 0 bridgehead atoms. The lowest BCUT2D eigenvalue weighted by atomic mass is 10.0. The van der Waals surface area contributed by atoms with Gasteiger partial charge in [-0.1, -0.05) is 0 Å². The zero-order valence-corrected chi connectivity index (χ0v) is 8.85. The topological polar surface area (TPSA) is 35.5 Å². The monoisotopic (exact) mass is 187 g/mol. The van der Waals surface area contributed by atoms with Crippen molar-refractivity contribution in [2.24, 2.45) is 0 Å². The van der Waals surface area contributed by atoms with E-state index >= 15 is 0 Å². The molecule has 3 nitrogen and oxygen atoms in total. The van der Waals surface area contributed by atoms with Crippen LogP contribution >= 0.6 is 0 Å². The number of hydrogen-bond acceptors (Lipinski definition) is 3. The van der Waals surface area contributed by atoms with E-state index in [1.165, 1.54) is 6.92 Å². The lowest BCUT2D eigenvalue weighted by Crippen LogP contribution is -2.23. The van der Waals surface area contributed by atoms with Gasteiger partial charge in [0.05, 0.1) is 12.2 Å². The van der Waals surface area contributed by atoms with E-state index in [-0.39, 0.29) is 11.6 Å². The highest BCUT2D eigenvalue weighted by Crippen LogP contribution is 2.14. The lowest BCUT2D eigenvalue weighted by molar-refractivity contribution is -0.141. The second-order valence-corrected chi connectivity index (χ2v) is 3.51. The molecular formula is C8H15O3Si. The summed E-state index contributed by atoms with van der Waals surface area (Å²) in [5, 5.41) is 0. The van der Waals surface area contributed by atoms with Crippen molar-refractivity contribution in [1.29, 1.82) is 0 Å². The maximum absolute atomic E-state index is 10.4. The highest BCUT2D eigenvalue weighted by Gasteiger charge is 2.14. The molecule has 0 heterocycles. The predicted molar refractivity (Wildman–Crippen MR) is 46.8 cm³/mol. The minimum Gasteiger partial charge on any atom is -0.466 e. The number of esters is 1. The van der Waals surface area contributed by atoms with Crippen LogP contribution in [-0.4, -0.2) is 28.7 Å². The summed E-state index contributed by atoms with van der Waals surface area (Å²) in [6.45, 7) is 5.81. The van der Waals surface area contributed by atoms with Gasteiger partial charge in [-0.15, -0.1) is 0 Å². The smallest absolute Gasteiger partial charge is 0.302 e. The fourth-order valence-corrected chi connectivity index (χ4v) is 0.867. The molecule has 0 aliphatic rings. The van der Waals surface area contributed by atoms with E-state index in [4.69, 9.17) is 9.16 Å². The molecule has 0 aromatic carbocycles. The van der Waals surface area contributed by atoms with Gasteiger partial charge in [-0.2, -0.15) is 0 Å². The number of carbonyl (C=O) groups is 1. The lowest BCUT2D eigenvalue weighted by Gasteiger charge is -2.22. The van der Waals surface area contributed by atoms with Crippen LogP contribution in [0.5, 0.6) is 0 Å². The van der Waals surface area contributed by atoms with Crippen molar-refractivity contribution in [2.45, 2.75) is 39.2 Å². The Balaban J connectivity index is 3.37. The highest BCUT2D eigenvalue weighted by atomic mass is 28.2. The molecule has 0 rings (SSSR count). The number of ether oxygens (including phenoxy) is 1. The molecule has 3 radical (unpaired) electrons. The molecule has 0 fully saturated rings. The zero-order chi connectivity index (χ0) is 9.61. The molecule has 69 valence electrons. The first-order valence-electron chi connectivity index (χ1n) is 3.96. The average Bonchev–Trinajstić information content (AvgIpc) is 1.98. The molecule has 0 aromatic heterocycles. The summed E-state index contributed by atoms with van der Waals surface area (Å²) in [5.74, 6) is -0.230. The Morgan fingerprint density at radius 3 is 2.50 bits per heavy atom. The van der Waals surface area contributed by atoms with Gasteiger partial charge in [0.25, 0.3) is 0 Å². The van der Waals surface area contributed by atoms with Crippen molar-refractivity contribution >= 4 is 16.5 Å². The minimum absolute atomic E-state index is 0.197. The average molecular weight is 187 g/mol. The van der Waals surface area contributed by atoms with Crippen molar-refractivity contribution in [3.8, 4) is 0 Å². The van der Waals surface area contributed by atoms with E-state index in [2.05, 4.69) is 10.5 Å². The number of hydrogen-bond donors (Lipinski definition) is 0. The van der Waals surface area contributed by atoms with Crippen LogP contribution in [0.4, 0.5) is 0 Å². The Bertz CT molecular complexity index is 145. The normalized spacial score (nSPS) is 11.3. The molecule has 0 spiro atoms. The quantitative estimate of drug-likeness (QED) is 0.369. The molecule has 0 aromatic rings. The first-order valence-corrected chi connectivity index (χ1v) is 4.37. The van der Waals surface area contributed by atoms with Crippen molar-refractivity contribution in [3.63, 3.8) is 0 Å². The Morgan fingerprint density at radius 1 is 1.50 bits per heavy atom. The molecule has 0 atom stereocenters. The maximum atomic E-state index is 10.4. The Hall–Kier alpha value is -0.353. The van der Waals surface area contributed by atoms with E-state index in [0.29, 0.717) is 6.61 Å². The summed E-state index contributed by atoms with van der Waals surface area (Å²) >= 11 is 0. The predicted octanol–water partition coefficient (Wildman–Crippen LogP) is 1.21. The third kappa shape index (κ3) is 6.36. The molecule has 4 heteroatoms. The Labute approximate surface area is 77.0 Å². The van der Waals surface area contributed by atoms with Crippen molar-refractivity contribution in [3.05, 3.63) is 0 Å². The van der Waals surface area contributed by atoms with Crippen LogP contribution in [0.3, 0.4) is 0 Å².